The van der Waals surface area contributed by atoms with E-state index < -0.39 is 27.7 Å². The number of nitrogens with one attached hydrogen (secondary N) is 3. The Morgan fingerprint density at radius 3 is 2.33 bits per heavy atom. The van der Waals surface area contributed by atoms with Crippen LogP contribution in [0.5, 0.6) is 0 Å². The third-order valence-electron chi connectivity index (χ3n) is 4.40. The van der Waals surface area contributed by atoms with Crippen LogP contribution in [0, 0.1) is 5.82 Å². The van der Waals surface area contributed by atoms with Crippen LogP contribution in [-0.2, 0) is 14.8 Å². The van der Waals surface area contributed by atoms with Crippen LogP contribution < -0.4 is 15.6 Å². The Hall–Kier alpha value is -2.53. The number of ether oxygens (including phenoxy) is 1. The van der Waals surface area contributed by atoms with Gasteiger partial charge in [0.05, 0.1) is 11.1 Å². The first-order valence-corrected chi connectivity index (χ1v) is 10.9. The monoisotopic (exact) mass is 455 g/mol. The van der Waals surface area contributed by atoms with E-state index in [9.17, 15) is 22.4 Å². The zero-order chi connectivity index (χ0) is 21.7. The quantitative estimate of drug-likeness (QED) is 0.576. The zero-order valence-corrected chi connectivity index (χ0v) is 17.2. The number of carbonyl (C=O) groups excluding carboxylic acids is 2. The van der Waals surface area contributed by atoms with Gasteiger partial charge in [-0.3, -0.25) is 20.4 Å². The smallest absolute Gasteiger partial charge is 0.269 e. The molecule has 0 aromatic heterocycles. The molecule has 1 aliphatic rings. The summed E-state index contributed by atoms with van der Waals surface area (Å²) in [5.74, 6) is -1.92. The molecule has 2 aromatic carbocycles. The SMILES string of the molecule is O=C(NNC(=O)c1ccc(Cl)c(S(=O)(=O)NCC2CCCO2)c1)c1ccc(F)cc1. The number of halogens is 2. The number of hydrogen-bond acceptors (Lipinski definition) is 5. The molecule has 3 rings (SSSR count). The van der Waals surface area contributed by atoms with Crippen LogP contribution >= 0.6 is 11.6 Å². The van der Waals surface area contributed by atoms with Gasteiger partial charge in [0.15, 0.2) is 0 Å². The van der Waals surface area contributed by atoms with Crippen molar-refractivity contribution in [3.63, 3.8) is 0 Å². The van der Waals surface area contributed by atoms with E-state index in [0.717, 1.165) is 31.0 Å². The van der Waals surface area contributed by atoms with Gasteiger partial charge in [-0.05, 0) is 55.3 Å². The van der Waals surface area contributed by atoms with Crippen LogP contribution in [0.4, 0.5) is 4.39 Å². The van der Waals surface area contributed by atoms with Gasteiger partial charge in [0, 0.05) is 24.3 Å². The summed E-state index contributed by atoms with van der Waals surface area (Å²) in [4.78, 5) is 24.1. The lowest BCUT2D eigenvalue weighted by atomic mass is 10.2. The van der Waals surface area contributed by atoms with Crippen LogP contribution in [0.1, 0.15) is 33.6 Å². The van der Waals surface area contributed by atoms with E-state index in [0.29, 0.717) is 6.61 Å². The number of hydrogen-bond donors (Lipinski definition) is 3. The average Bonchev–Trinajstić information content (AvgIpc) is 3.25. The second-order valence-corrected chi connectivity index (χ2v) is 8.69. The largest absolute Gasteiger partial charge is 0.377 e. The van der Waals surface area contributed by atoms with E-state index in [1.165, 1.54) is 24.3 Å². The van der Waals surface area contributed by atoms with Gasteiger partial charge in [0.25, 0.3) is 11.8 Å². The van der Waals surface area contributed by atoms with Gasteiger partial charge >= 0.3 is 0 Å². The Labute approximate surface area is 177 Å². The number of benzene rings is 2. The number of hydrazine groups is 1. The maximum absolute atomic E-state index is 12.9. The highest BCUT2D eigenvalue weighted by atomic mass is 35.5. The number of carbonyl (C=O) groups is 2. The van der Waals surface area contributed by atoms with Crippen molar-refractivity contribution in [2.24, 2.45) is 0 Å². The predicted octanol–water partition coefficient (Wildman–Crippen LogP) is 2.01. The highest BCUT2D eigenvalue weighted by Crippen LogP contribution is 2.23. The fraction of sp³-hybridized carbons (Fsp3) is 0.263. The van der Waals surface area contributed by atoms with Gasteiger partial charge in [-0.1, -0.05) is 11.6 Å². The van der Waals surface area contributed by atoms with Crippen molar-refractivity contribution in [3.8, 4) is 0 Å². The second-order valence-electron chi connectivity index (χ2n) is 6.55. The first kappa shape index (κ1) is 22.2. The zero-order valence-electron chi connectivity index (χ0n) is 15.7. The van der Waals surface area contributed by atoms with Gasteiger partial charge in [0.1, 0.15) is 10.7 Å². The minimum absolute atomic E-state index is 0.0312. The third kappa shape index (κ3) is 5.54. The topological polar surface area (TPSA) is 114 Å². The molecule has 3 N–H and O–H groups in total. The average molecular weight is 456 g/mol. The molecule has 1 fully saturated rings. The van der Waals surface area contributed by atoms with E-state index >= 15 is 0 Å². The maximum atomic E-state index is 12.9. The van der Waals surface area contributed by atoms with Crippen LogP contribution in [0.3, 0.4) is 0 Å². The van der Waals surface area contributed by atoms with Crippen molar-refractivity contribution in [3.05, 3.63) is 64.4 Å². The number of rotatable bonds is 6. The molecule has 1 heterocycles. The molecule has 0 bridgehead atoms. The highest BCUT2D eigenvalue weighted by Gasteiger charge is 2.23. The minimum atomic E-state index is -3.98. The van der Waals surface area contributed by atoms with Crippen molar-refractivity contribution in [1.82, 2.24) is 15.6 Å². The standard InChI is InChI=1S/C19H19ClFN3O5S/c20-16-8-5-13(10-17(16)30(27,28)22-11-15-2-1-9-29-15)19(26)24-23-18(25)12-3-6-14(21)7-4-12/h3-8,10,15,22H,1-2,9,11H2,(H,23,25)(H,24,26). The molecule has 11 heteroatoms. The van der Waals surface area contributed by atoms with Gasteiger partial charge in [-0.2, -0.15) is 0 Å². The fourth-order valence-electron chi connectivity index (χ4n) is 2.80. The number of sulfonamides is 1. The fourth-order valence-corrected chi connectivity index (χ4v) is 4.39. The van der Waals surface area contributed by atoms with Gasteiger partial charge < -0.3 is 4.74 Å². The van der Waals surface area contributed by atoms with E-state index in [1.54, 1.807) is 0 Å². The Bertz CT molecular complexity index is 1040. The van der Waals surface area contributed by atoms with Crippen molar-refractivity contribution in [2.45, 2.75) is 23.8 Å². The minimum Gasteiger partial charge on any atom is -0.377 e. The lowest BCUT2D eigenvalue weighted by molar-refractivity contribution is 0.0846. The van der Waals surface area contributed by atoms with Gasteiger partial charge in [-0.15, -0.1) is 0 Å². The summed E-state index contributed by atoms with van der Waals surface area (Å²) in [5, 5.41) is -0.0539. The summed E-state index contributed by atoms with van der Waals surface area (Å²) >= 11 is 6.02. The molecular weight excluding hydrogens is 437 g/mol. The molecule has 0 radical (unpaired) electrons. The van der Waals surface area contributed by atoms with Crippen LogP contribution in [0.2, 0.25) is 5.02 Å². The molecule has 30 heavy (non-hydrogen) atoms. The lowest BCUT2D eigenvalue weighted by Gasteiger charge is -2.13. The molecule has 1 unspecified atom stereocenters. The molecule has 2 aromatic rings. The first-order valence-electron chi connectivity index (χ1n) is 9.03. The summed E-state index contributed by atoms with van der Waals surface area (Å²) in [6.07, 6.45) is 1.42. The highest BCUT2D eigenvalue weighted by molar-refractivity contribution is 7.89. The van der Waals surface area contributed by atoms with Crippen molar-refractivity contribution in [1.29, 1.82) is 0 Å². The molecule has 0 spiro atoms. The van der Waals surface area contributed by atoms with E-state index in [-0.39, 0.29) is 33.7 Å². The predicted molar refractivity (Wildman–Crippen MR) is 107 cm³/mol. The molecule has 0 saturated carbocycles. The number of amides is 2. The molecular formula is C19H19ClFN3O5S. The lowest BCUT2D eigenvalue weighted by Crippen LogP contribution is -2.41. The molecule has 160 valence electrons. The van der Waals surface area contributed by atoms with Gasteiger partial charge in [-0.25, -0.2) is 17.5 Å². The summed E-state index contributed by atoms with van der Waals surface area (Å²) in [6, 6.07) is 8.43. The Balaban J connectivity index is 1.66. The summed E-state index contributed by atoms with van der Waals surface area (Å²) in [7, 11) is -3.98. The Morgan fingerprint density at radius 2 is 1.70 bits per heavy atom. The van der Waals surface area contributed by atoms with Crippen LogP contribution in [0.15, 0.2) is 47.4 Å². The molecule has 2 amide bonds. The molecule has 0 aliphatic carbocycles. The Kier molecular flexibility index (Phi) is 7.03. The molecule has 1 aliphatic heterocycles. The second kappa shape index (κ2) is 9.52. The molecule has 1 saturated heterocycles. The van der Waals surface area contributed by atoms with E-state index in [1.807, 2.05) is 0 Å². The summed E-state index contributed by atoms with van der Waals surface area (Å²) in [5.41, 5.74) is 4.45. The summed E-state index contributed by atoms with van der Waals surface area (Å²) < 4.78 is 45.9. The van der Waals surface area contributed by atoms with Crippen LogP contribution in [-0.4, -0.2) is 39.5 Å². The summed E-state index contributed by atoms with van der Waals surface area (Å²) in [6.45, 7) is 0.690. The van der Waals surface area contributed by atoms with Gasteiger partial charge in [0.2, 0.25) is 10.0 Å². The van der Waals surface area contributed by atoms with Crippen molar-refractivity contribution in [2.75, 3.05) is 13.2 Å². The van der Waals surface area contributed by atoms with Crippen LogP contribution in [0.25, 0.3) is 0 Å². The van der Waals surface area contributed by atoms with E-state index in [4.69, 9.17) is 16.3 Å². The third-order valence-corrected chi connectivity index (χ3v) is 6.31. The maximum Gasteiger partial charge on any atom is 0.269 e. The van der Waals surface area contributed by atoms with Crippen molar-refractivity contribution < 1.29 is 27.1 Å². The van der Waals surface area contributed by atoms with E-state index in [2.05, 4.69) is 15.6 Å². The molecule has 1 atom stereocenters. The first-order chi connectivity index (χ1) is 14.3. The van der Waals surface area contributed by atoms with Crippen molar-refractivity contribution >= 4 is 33.4 Å². The Morgan fingerprint density at radius 1 is 1.07 bits per heavy atom. The normalized spacial score (nSPS) is 16.3. The molecule has 8 nitrogen and oxygen atoms in total.